The highest BCUT2D eigenvalue weighted by molar-refractivity contribution is 6.31. The van der Waals surface area contributed by atoms with E-state index in [1.165, 1.54) is 6.07 Å². The van der Waals surface area contributed by atoms with Gasteiger partial charge in [0.05, 0.1) is 0 Å². The van der Waals surface area contributed by atoms with Gasteiger partial charge in [-0.3, -0.25) is 0 Å². The maximum absolute atomic E-state index is 13.8. The zero-order chi connectivity index (χ0) is 15.4. The Labute approximate surface area is 128 Å². The van der Waals surface area contributed by atoms with Crippen molar-refractivity contribution in [1.82, 2.24) is 5.32 Å². The first-order chi connectivity index (χ1) is 10.0. The summed E-state index contributed by atoms with van der Waals surface area (Å²) in [6.45, 7) is 4.65. The molecule has 4 heteroatoms. The SMILES string of the molecule is CCNC(Cc1cc(F)ccc1F)c1ccc(C)cc1Cl. The first kappa shape index (κ1) is 15.9. The van der Waals surface area contributed by atoms with Gasteiger partial charge in [0.1, 0.15) is 11.6 Å². The molecule has 2 aromatic rings. The highest BCUT2D eigenvalue weighted by atomic mass is 35.5. The minimum atomic E-state index is -0.434. The van der Waals surface area contributed by atoms with Crippen molar-refractivity contribution in [2.45, 2.75) is 26.3 Å². The van der Waals surface area contributed by atoms with Gasteiger partial charge in [-0.05, 0) is 60.8 Å². The average molecular weight is 310 g/mol. The summed E-state index contributed by atoms with van der Waals surface area (Å²) in [5.41, 5.74) is 2.31. The number of halogens is 3. The molecule has 0 aliphatic carbocycles. The summed E-state index contributed by atoms with van der Waals surface area (Å²) in [5, 5.41) is 3.92. The van der Waals surface area contributed by atoms with Gasteiger partial charge in [-0.2, -0.15) is 0 Å². The molecule has 0 bridgehead atoms. The van der Waals surface area contributed by atoms with Crippen LogP contribution in [0.15, 0.2) is 36.4 Å². The molecule has 0 amide bonds. The second-order valence-electron chi connectivity index (χ2n) is 5.08. The molecule has 2 rings (SSSR count). The lowest BCUT2D eigenvalue weighted by atomic mass is 9.97. The Kier molecular flexibility index (Phi) is 5.32. The third-order valence-electron chi connectivity index (χ3n) is 3.41. The van der Waals surface area contributed by atoms with Crippen LogP contribution in [0.2, 0.25) is 5.02 Å². The molecule has 112 valence electrons. The van der Waals surface area contributed by atoms with Crippen molar-refractivity contribution in [3.8, 4) is 0 Å². The maximum atomic E-state index is 13.8. The van der Waals surface area contributed by atoms with Gasteiger partial charge < -0.3 is 5.32 Å². The number of rotatable bonds is 5. The lowest BCUT2D eigenvalue weighted by molar-refractivity contribution is 0.522. The molecular formula is C17H18ClF2N. The molecule has 0 heterocycles. The highest BCUT2D eigenvalue weighted by Crippen LogP contribution is 2.27. The molecule has 0 aromatic heterocycles. The van der Waals surface area contributed by atoms with E-state index >= 15 is 0 Å². The second-order valence-corrected chi connectivity index (χ2v) is 5.48. The van der Waals surface area contributed by atoms with Crippen LogP contribution in [0.5, 0.6) is 0 Å². The molecule has 21 heavy (non-hydrogen) atoms. The normalized spacial score (nSPS) is 12.4. The fourth-order valence-corrected chi connectivity index (χ4v) is 2.74. The van der Waals surface area contributed by atoms with E-state index in [0.29, 0.717) is 23.6 Å². The molecule has 1 atom stereocenters. The van der Waals surface area contributed by atoms with Crippen molar-refractivity contribution in [2.24, 2.45) is 0 Å². The summed E-state index contributed by atoms with van der Waals surface area (Å²) in [6.07, 6.45) is 0.347. The minimum absolute atomic E-state index is 0.153. The van der Waals surface area contributed by atoms with Crippen LogP contribution in [0.3, 0.4) is 0 Å². The van der Waals surface area contributed by atoms with Crippen molar-refractivity contribution >= 4 is 11.6 Å². The molecule has 2 aromatic carbocycles. The van der Waals surface area contributed by atoms with Crippen LogP contribution < -0.4 is 5.32 Å². The van der Waals surface area contributed by atoms with Crippen molar-refractivity contribution in [3.05, 3.63) is 69.7 Å². The summed E-state index contributed by atoms with van der Waals surface area (Å²) in [5.74, 6) is -0.834. The van der Waals surface area contributed by atoms with Crippen LogP contribution in [0, 0.1) is 18.6 Å². The number of hydrogen-bond donors (Lipinski definition) is 1. The van der Waals surface area contributed by atoms with Crippen molar-refractivity contribution in [3.63, 3.8) is 0 Å². The Hall–Kier alpha value is -1.45. The predicted octanol–water partition coefficient (Wildman–Crippen LogP) is 4.82. The van der Waals surface area contributed by atoms with E-state index in [4.69, 9.17) is 11.6 Å². The van der Waals surface area contributed by atoms with Crippen molar-refractivity contribution in [1.29, 1.82) is 0 Å². The van der Waals surface area contributed by atoms with E-state index in [2.05, 4.69) is 5.32 Å². The summed E-state index contributed by atoms with van der Waals surface area (Å²) >= 11 is 6.29. The summed E-state index contributed by atoms with van der Waals surface area (Å²) in [4.78, 5) is 0. The molecule has 0 saturated carbocycles. The minimum Gasteiger partial charge on any atom is -0.310 e. The molecule has 1 nitrogen and oxygen atoms in total. The summed E-state index contributed by atoms with van der Waals surface area (Å²) < 4.78 is 27.1. The van der Waals surface area contributed by atoms with Gasteiger partial charge in [-0.25, -0.2) is 8.78 Å². The van der Waals surface area contributed by atoms with E-state index in [9.17, 15) is 8.78 Å². The van der Waals surface area contributed by atoms with Gasteiger partial charge in [-0.15, -0.1) is 0 Å². The van der Waals surface area contributed by atoms with E-state index in [0.717, 1.165) is 23.3 Å². The van der Waals surface area contributed by atoms with Gasteiger partial charge in [0.2, 0.25) is 0 Å². The molecule has 1 N–H and O–H groups in total. The van der Waals surface area contributed by atoms with Crippen LogP contribution in [0.25, 0.3) is 0 Å². The van der Waals surface area contributed by atoms with Gasteiger partial charge in [-0.1, -0.05) is 30.7 Å². The number of nitrogens with one attached hydrogen (secondary N) is 1. The number of likely N-dealkylation sites (N-methyl/N-ethyl adjacent to an activating group) is 1. The number of benzene rings is 2. The lowest BCUT2D eigenvalue weighted by Gasteiger charge is -2.20. The third-order valence-corrected chi connectivity index (χ3v) is 3.74. The Morgan fingerprint density at radius 2 is 1.90 bits per heavy atom. The molecular weight excluding hydrogens is 292 g/mol. The van der Waals surface area contributed by atoms with Gasteiger partial charge in [0, 0.05) is 11.1 Å². The van der Waals surface area contributed by atoms with E-state index in [1.807, 2.05) is 32.0 Å². The second kappa shape index (κ2) is 7.01. The summed E-state index contributed by atoms with van der Waals surface area (Å²) in [7, 11) is 0. The van der Waals surface area contributed by atoms with Gasteiger partial charge in [0.15, 0.2) is 0 Å². The zero-order valence-electron chi connectivity index (χ0n) is 12.1. The van der Waals surface area contributed by atoms with Crippen LogP contribution >= 0.6 is 11.6 Å². The molecule has 1 unspecified atom stereocenters. The molecule has 0 saturated heterocycles. The Morgan fingerprint density at radius 1 is 1.14 bits per heavy atom. The fourth-order valence-electron chi connectivity index (χ4n) is 2.37. The third kappa shape index (κ3) is 4.02. The van der Waals surface area contributed by atoms with Crippen LogP contribution in [-0.2, 0) is 6.42 Å². The van der Waals surface area contributed by atoms with E-state index in [-0.39, 0.29) is 6.04 Å². The first-order valence-electron chi connectivity index (χ1n) is 6.94. The predicted molar refractivity (Wildman–Crippen MR) is 82.7 cm³/mol. The van der Waals surface area contributed by atoms with Crippen LogP contribution in [0.4, 0.5) is 8.78 Å². The lowest BCUT2D eigenvalue weighted by Crippen LogP contribution is -2.23. The summed E-state index contributed by atoms with van der Waals surface area (Å²) in [6, 6.07) is 9.14. The topological polar surface area (TPSA) is 12.0 Å². The zero-order valence-corrected chi connectivity index (χ0v) is 12.8. The smallest absolute Gasteiger partial charge is 0.126 e. The average Bonchev–Trinajstić information content (AvgIpc) is 2.42. The van der Waals surface area contributed by atoms with Crippen molar-refractivity contribution in [2.75, 3.05) is 6.54 Å². The highest BCUT2D eigenvalue weighted by Gasteiger charge is 2.17. The molecule has 0 fully saturated rings. The van der Waals surface area contributed by atoms with Gasteiger partial charge >= 0.3 is 0 Å². The van der Waals surface area contributed by atoms with Gasteiger partial charge in [0.25, 0.3) is 0 Å². The van der Waals surface area contributed by atoms with E-state index in [1.54, 1.807) is 0 Å². The monoisotopic (exact) mass is 309 g/mol. The van der Waals surface area contributed by atoms with Crippen LogP contribution in [0.1, 0.15) is 29.7 Å². The molecule has 0 spiro atoms. The number of aryl methyl sites for hydroxylation is 1. The standard InChI is InChI=1S/C17H18ClF2N/c1-3-21-17(14-6-4-11(2)8-15(14)18)10-12-9-13(19)5-7-16(12)20/h4-9,17,21H,3,10H2,1-2H3. The Bertz CT molecular complexity index is 628. The first-order valence-corrected chi connectivity index (χ1v) is 7.32. The Morgan fingerprint density at radius 3 is 2.57 bits per heavy atom. The van der Waals surface area contributed by atoms with E-state index < -0.39 is 11.6 Å². The molecule has 0 aliphatic heterocycles. The Balaban J connectivity index is 2.32. The number of hydrogen-bond acceptors (Lipinski definition) is 1. The maximum Gasteiger partial charge on any atom is 0.126 e. The largest absolute Gasteiger partial charge is 0.310 e. The molecule has 0 radical (unpaired) electrons. The quantitative estimate of drug-likeness (QED) is 0.835. The van der Waals surface area contributed by atoms with Crippen LogP contribution in [-0.4, -0.2) is 6.54 Å². The van der Waals surface area contributed by atoms with Crippen molar-refractivity contribution < 1.29 is 8.78 Å². The fraction of sp³-hybridized carbons (Fsp3) is 0.294. The molecule has 0 aliphatic rings.